The van der Waals surface area contributed by atoms with Crippen LogP contribution in [0, 0.1) is 35.5 Å². The molecule has 1 heterocycles. The highest BCUT2D eigenvalue weighted by Gasteiger charge is 2.31. The van der Waals surface area contributed by atoms with Crippen molar-refractivity contribution in [3.63, 3.8) is 0 Å². The third-order valence-electron chi connectivity index (χ3n) is 3.17. The van der Waals surface area contributed by atoms with Crippen LogP contribution >= 0.6 is 11.6 Å². The van der Waals surface area contributed by atoms with Gasteiger partial charge in [-0.3, -0.25) is 9.89 Å². The first-order valence-electron chi connectivity index (χ1n) is 5.91. The number of aromatic nitrogens is 2. The summed E-state index contributed by atoms with van der Waals surface area (Å²) in [5.41, 5.74) is 1.21. The van der Waals surface area contributed by atoms with E-state index in [1.807, 2.05) is 12.1 Å². The van der Waals surface area contributed by atoms with Gasteiger partial charge >= 0.3 is 0 Å². The van der Waals surface area contributed by atoms with Crippen LogP contribution in [0.1, 0.15) is 22.7 Å². The smallest absolute Gasteiger partial charge is 0.268 e. The summed E-state index contributed by atoms with van der Waals surface area (Å²) in [4.78, 5) is 12.0. The molecule has 0 radical (unpaired) electrons. The lowest BCUT2D eigenvalue weighted by Gasteiger charge is -2.18. The number of aryl methyl sites for hydroxylation is 1. The molecular weight excluding hydrogens is 276 g/mol. The van der Waals surface area contributed by atoms with E-state index < -0.39 is 11.8 Å². The molecule has 0 aliphatic heterocycles. The quantitative estimate of drug-likeness (QED) is 0.907. The first-order valence-corrected chi connectivity index (χ1v) is 6.28. The van der Waals surface area contributed by atoms with Crippen molar-refractivity contribution in [1.29, 1.82) is 10.5 Å². The Hall–Kier alpha value is -2.50. The van der Waals surface area contributed by atoms with E-state index in [0.29, 0.717) is 21.8 Å². The predicted molar refractivity (Wildman–Crippen MR) is 74.2 cm³/mol. The number of halogens is 1. The number of nitriles is 2. The Morgan fingerprint density at radius 2 is 1.85 bits per heavy atom. The van der Waals surface area contributed by atoms with Crippen LogP contribution in [0.3, 0.4) is 0 Å². The van der Waals surface area contributed by atoms with E-state index in [-0.39, 0.29) is 5.56 Å². The van der Waals surface area contributed by atoms with Crippen molar-refractivity contribution < 1.29 is 0 Å². The number of rotatable bonds is 3. The lowest BCUT2D eigenvalue weighted by molar-refractivity contribution is 0.701. The minimum Gasteiger partial charge on any atom is -0.302 e. The molecule has 0 spiro atoms. The Morgan fingerprint density at radius 3 is 2.35 bits per heavy atom. The summed E-state index contributed by atoms with van der Waals surface area (Å²) in [6.45, 7) is 1.71. The number of hydrogen-bond acceptors (Lipinski definition) is 3. The lowest BCUT2D eigenvalue weighted by Crippen LogP contribution is -2.19. The number of nitrogens with zero attached hydrogens (tertiary/aromatic N) is 2. The van der Waals surface area contributed by atoms with E-state index in [4.69, 9.17) is 11.6 Å². The molecule has 6 heteroatoms. The second kappa shape index (κ2) is 5.64. The fraction of sp³-hybridized carbons (Fsp3) is 0.214. The molecule has 100 valence electrons. The summed E-state index contributed by atoms with van der Waals surface area (Å²) in [5.74, 6) is -1.68. The Balaban J connectivity index is 2.71. The molecule has 2 N–H and O–H groups in total. The minimum atomic E-state index is -0.995. The molecule has 1 aromatic carbocycles. The SMILES string of the molecule is Cc1[nH][nH]c(=O)c1[C@@H](c1ccccc1Cl)C(C#N)C#N. The summed E-state index contributed by atoms with van der Waals surface area (Å²) in [6, 6.07) is 10.8. The zero-order chi connectivity index (χ0) is 14.7. The van der Waals surface area contributed by atoms with Crippen molar-refractivity contribution >= 4 is 11.6 Å². The van der Waals surface area contributed by atoms with Crippen LogP contribution in [0.4, 0.5) is 0 Å². The summed E-state index contributed by atoms with van der Waals surface area (Å²) < 4.78 is 0. The molecule has 20 heavy (non-hydrogen) atoms. The Kier molecular flexibility index (Phi) is 3.93. The third kappa shape index (κ3) is 2.32. The van der Waals surface area contributed by atoms with Crippen molar-refractivity contribution in [3.8, 4) is 12.1 Å². The van der Waals surface area contributed by atoms with Crippen LogP contribution in [0.25, 0.3) is 0 Å². The number of H-pyrrole nitrogens is 2. The molecule has 1 aromatic heterocycles. The van der Waals surface area contributed by atoms with E-state index in [0.717, 1.165) is 0 Å². The van der Waals surface area contributed by atoms with E-state index in [1.54, 1.807) is 31.2 Å². The van der Waals surface area contributed by atoms with Crippen molar-refractivity contribution in [2.45, 2.75) is 12.8 Å². The Morgan fingerprint density at radius 1 is 1.20 bits per heavy atom. The molecule has 0 saturated heterocycles. The standard InChI is InChI=1S/C14H11ClN4O/c1-8-12(14(20)19-18-8)13(9(6-16)7-17)10-4-2-3-5-11(10)15/h2-5,9,13H,1H3,(H2,18,19,20)/t13-/m1/s1. The van der Waals surface area contributed by atoms with Gasteiger partial charge in [0.05, 0.1) is 12.1 Å². The molecule has 0 aliphatic rings. The highest BCUT2D eigenvalue weighted by Crippen LogP contribution is 2.35. The second-order valence-electron chi connectivity index (χ2n) is 4.35. The number of nitrogens with one attached hydrogen (secondary N) is 2. The maximum atomic E-state index is 12.0. The van der Waals surface area contributed by atoms with Crippen molar-refractivity contribution in [1.82, 2.24) is 10.2 Å². The molecule has 0 aliphatic carbocycles. The molecule has 0 saturated carbocycles. The van der Waals surface area contributed by atoms with Gasteiger partial charge in [0.25, 0.3) is 5.56 Å². The van der Waals surface area contributed by atoms with Crippen LogP contribution in [0.5, 0.6) is 0 Å². The molecule has 0 amide bonds. The van der Waals surface area contributed by atoms with Crippen LogP contribution in [0.2, 0.25) is 5.02 Å². The zero-order valence-corrected chi connectivity index (χ0v) is 11.4. The van der Waals surface area contributed by atoms with Gasteiger partial charge in [-0.2, -0.15) is 10.5 Å². The zero-order valence-electron chi connectivity index (χ0n) is 10.6. The van der Waals surface area contributed by atoms with Gasteiger partial charge in [0.2, 0.25) is 0 Å². The first-order chi connectivity index (χ1) is 9.60. The van der Waals surface area contributed by atoms with Gasteiger partial charge in [-0.25, -0.2) is 0 Å². The lowest BCUT2D eigenvalue weighted by atomic mass is 9.82. The molecule has 0 bridgehead atoms. The van der Waals surface area contributed by atoms with E-state index in [9.17, 15) is 15.3 Å². The summed E-state index contributed by atoms with van der Waals surface area (Å²) in [7, 11) is 0. The maximum Gasteiger partial charge on any atom is 0.268 e. The number of benzene rings is 1. The van der Waals surface area contributed by atoms with Gasteiger partial charge in [0, 0.05) is 22.2 Å². The molecular formula is C14H11ClN4O. The largest absolute Gasteiger partial charge is 0.302 e. The fourth-order valence-corrected chi connectivity index (χ4v) is 2.49. The summed E-state index contributed by atoms with van der Waals surface area (Å²) in [5, 5.41) is 24.0. The van der Waals surface area contributed by atoms with Crippen molar-refractivity contribution in [2.24, 2.45) is 5.92 Å². The topological polar surface area (TPSA) is 96.2 Å². The summed E-state index contributed by atoms with van der Waals surface area (Å²) in [6.07, 6.45) is 0. The molecule has 0 fully saturated rings. The molecule has 0 unspecified atom stereocenters. The van der Waals surface area contributed by atoms with Crippen LogP contribution < -0.4 is 5.56 Å². The average molecular weight is 287 g/mol. The van der Waals surface area contributed by atoms with E-state index >= 15 is 0 Å². The first kappa shape index (κ1) is 13.9. The molecule has 5 nitrogen and oxygen atoms in total. The summed E-state index contributed by atoms with van der Waals surface area (Å²) >= 11 is 6.16. The van der Waals surface area contributed by atoms with Gasteiger partial charge < -0.3 is 5.10 Å². The van der Waals surface area contributed by atoms with Crippen LogP contribution in [-0.2, 0) is 0 Å². The van der Waals surface area contributed by atoms with E-state index in [2.05, 4.69) is 10.2 Å². The monoisotopic (exact) mass is 286 g/mol. The maximum absolute atomic E-state index is 12.0. The van der Waals surface area contributed by atoms with Crippen LogP contribution in [0.15, 0.2) is 29.1 Å². The van der Waals surface area contributed by atoms with Gasteiger partial charge in [0.15, 0.2) is 0 Å². The molecule has 2 rings (SSSR count). The second-order valence-corrected chi connectivity index (χ2v) is 4.76. The predicted octanol–water partition coefficient (Wildman–Crippen LogP) is 2.46. The average Bonchev–Trinajstić information content (AvgIpc) is 2.77. The van der Waals surface area contributed by atoms with Crippen molar-refractivity contribution in [2.75, 3.05) is 0 Å². The van der Waals surface area contributed by atoms with Gasteiger partial charge in [-0.05, 0) is 18.6 Å². The van der Waals surface area contributed by atoms with Gasteiger partial charge in [-0.15, -0.1) is 0 Å². The Bertz CT molecular complexity index is 748. The normalized spacial score (nSPS) is 11.8. The van der Waals surface area contributed by atoms with Gasteiger partial charge in [0.1, 0.15) is 5.92 Å². The van der Waals surface area contributed by atoms with Crippen LogP contribution in [-0.4, -0.2) is 10.2 Å². The highest BCUT2D eigenvalue weighted by molar-refractivity contribution is 6.31. The number of aromatic amines is 2. The van der Waals surface area contributed by atoms with Gasteiger partial charge in [-0.1, -0.05) is 29.8 Å². The fourth-order valence-electron chi connectivity index (χ4n) is 2.24. The molecule has 2 aromatic rings. The number of hydrogen-bond donors (Lipinski definition) is 2. The van der Waals surface area contributed by atoms with E-state index in [1.165, 1.54) is 0 Å². The third-order valence-corrected chi connectivity index (χ3v) is 3.52. The highest BCUT2D eigenvalue weighted by atomic mass is 35.5. The minimum absolute atomic E-state index is 0.345. The molecule has 1 atom stereocenters. The Labute approximate surface area is 120 Å². The van der Waals surface area contributed by atoms with Crippen molar-refractivity contribution in [3.05, 3.63) is 56.5 Å².